The van der Waals surface area contributed by atoms with Gasteiger partial charge in [-0.2, -0.15) is 10.1 Å². The van der Waals surface area contributed by atoms with Crippen molar-refractivity contribution in [1.82, 2.24) is 19.7 Å². The zero-order valence-electron chi connectivity index (χ0n) is 15.1. The number of hydrogen-bond acceptors (Lipinski definition) is 6. The normalized spacial score (nSPS) is 17.2. The Balaban J connectivity index is 1.75. The number of aromatic nitrogens is 3. The molecule has 1 saturated heterocycles. The van der Waals surface area contributed by atoms with Crippen LogP contribution in [0.4, 0.5) is 0 Å². The predicted octanol–water partition coefficient (Wildman–Crippen LogP) is 1.31. The number of amides is 1. The fourth-order valence-electron chi connectivity index (χ4n) is 3.25. The van der Waals surface area contributed by atoms with Gasteiger partial charge in [-0.15, -0.1) is 0 Å². The van der Waals surface area contributed by atoms with Gasteiger partial charge in [-0.3, -0.25) is 9.48 Å². The van der Waals surface area contributed by atoms with Gasteiger partial charge in [0.2, 0.25) is 11.8 Å². The number of carbonyl (C=O) groups is 1. The van der Waals surface area contributed by atoms with E-state index in [2.05, 4.69) is 10.1 Å². The average molecular weight is 360 g/mol. The highest BCUT2D eigenvalue weighted by Gasteiger charge is 2.28. The first-order valence-corrected chi connectivity index (χ1v) is 8.68. The molecule has 1 N–H and O–H groups in total. The number of methoxy groups -OCH3 is 2. The van der Waals surface area contributed by atoms with Crippen LogP contribution in [0.5, 0.6) is 11.8 Å². The summed E-state index contributed by atoms with van der Waals surface area (Å²) in [6.45, 7) is 1.83. The lowest BCUT2D eigenvalue weighted by Gasteiger charge is -2.32. The lowest BCUT2D eigenvalue weighted by molar-refractivity contribution is 0.0701. The number of pyridine rings is 1. The molecule has 1 fully saturated rings. The maximum Gasteiger partial charge on any atom is 0.259 e. The van der Waals surface area contributed by atoms with Gasteiger partial charge in [0.1, 0.15) is 5.56 Å². The number of likely N-dealkylation sites (tertiary alicyclic amines) is 1. The summed E-state index contributed by atoms with van der Waals surface area (Å²) in [5.74, 6) is 0.759. The number of nitrogens with zero attached hydrogens (tertiary/aromatic N) is 4. The topological polar surface area (TPSA) is 89.7 Å². The largest absolute Gasteiger partial charge is 0.481 e. The van der Waals surface area contributed by atoms with E-state index in [1.165, 1.54) is 14.2 Å². The van der Waals surface area contributed by atoms with E-state index < -0.39 is 0 Å². The van der Waals surface area contributed by atoms with Crippen molar-refractivity contribution < 1.29 is 19.4 Å². The average Bonchev–Trinajstić information content (AvgIpc) is 3.16. The van der Waals surface area contributed by atoms with Crippen LogP contribution >= 0.6 is 0 Å². The van der Waals surface area contributed by atoms with Gasteiger partial charge in [0, 0.05) is 31.3 Å². The fraction of sp³-hybridized carbons (Fsp3) is 0.500. The maximum absolute atomic E-state index is 13.0. The van der Waals surface area contributed by atoms with E-state index in [4.69, 9.17) is 14.6 Å². The highest BCUT2D eigenvalue weighted by Crippen LogP contribution is 2.28. The van der Waals surface area contributed by atoms with E-state index in [-0.39, 0.29) is 24.3 Å². The molecule has 0 saturated carbocycles. The highest BCUT2D eigenvalue weighted by molar-refractivity contribution is 5.96. The molecular formula is C18H24N4O4. The van der Waals surface area contributed by atoms with Gasteiger partial charge in [-0.1, -0.05) is 0 Å². The van der Waals surface area contributed by atoms with Crippen LogP contribution in [0.25, 0.3) is 0 Å². The van der Waals surface area contributed by atoms with Crippen molar-refractivity contribution in [2.75, 3.05) is 33.9 Å². The number of piperidine rings is 1. The molecule has 3 rings (SSSR count). The summed E-state index contributed by atoms with van der Waals surface area (Å²) >= 11 is 0. The van der Waals surface area contributed by atoms with Crippen molar-refractivity contribution in [2.45, 2.75) is 25.3 Å². The van der Waals surface area contributed by atoms with E-state index in [1.54, 1.807) is 16.8 Å². The number of aliphatic hydroxyl groups excluding tert-OH is 1. The third-order valence-corrected chi connectivity index (χ3v) is 4.58. The van der Waals surface area contributed by atoms with Crippen LogP contribution in [0.15, 0.2) is 24.4 Å². The van der Waals surface area contributed by atoms with E-state index in [1.807, 2.05) is 17.2 Å². The molecule has 1 aliphatic heterocycles. The molecule has 1 amide bonds. The Labute approximate surface area is 152 Å². The molecule has 1 aliphatic rings. The van der Waals surface area contributed by atoms with Gasteiger partial charge in [-0.05, 0) is 25.0 Å². The number of carbonyl (C=O) groups excluding carboxylic acids is 1. The molecule has 8 heteroatoms. The molecule has 0 aliphatic carbocycles. The van der Waals surface area contributed by atoms with Crippen LogP contribution in [0.2, 0.25) is 0 Å². The quantitative estimate of drug-likeness (QED) is 0.835. The Hall–Kier alpha value is -2.61. The minimum Gasteiger partial charge on any atom is -0.481 e. The van der Waals surface area contributed by atoms with Crippen LogP contribution in [0.3, 0.4) is 0 Å². The number of ether oxygens (including phenoxy) is 2. The molecule has 3 heterocycles. The molecule has 0 radical (unpaired) electrons. The van der Waals surface area contributed by atoms with Gasteiger partial charge in [0.05, 0.1) is 33.1 Å². The van der Waals surface area contributed by atoms with Crippen LogP contribution in [0, 0.1) is 0 Å². The second-order valence-corrected chi connectivity index (χ2v) is 6.23. The molecule has 0 unspecified atom stereocenters. The van der Waals surface area contributed by atoms with Gasteiger partial charge < -0.3 is 19.5 Å². The minimum absolute atomic E-state index is 0.0562. The Bertz CT molecular complexity index is 761. The van der Waals surface area contributed by atoms with Gasteiger partial charge >= 0.3 is 0 Å². The second-order valence-electron chi connectivity index (χ2n) is 6.23. The Morgan fingerprint density at radius 1 is 1.31 bits per heavy atom. The highest BCUT2D eigenvalue weighted by atomic mass is 16.5. The first kappa shape index (κ1) is 18.2. The molecule has 2 aromatic rings. The molecule has 8 nitrogen and oxygen atoms in total. The van der Waals surface area contributed by atoms with Gasteiger partial charge in [0.25, 0.3) is 5.91 Å². The van der Waals surface area contributed by atoms with Crippen LogP contribution < -0.4 is 9.47 Å². The number of hydrogen-bond donors (Lipinski definition) is 1. The third-order valence-electron chi connectivity index (χ3n) is 4.58. The molecule has 1 atom stereocenters. The summed E-state index contributed by atoms with van der Waals surface area (Å²) in [6, 6.07) is 5.31. The van der Waals surface area contributed by atoms with E-state index in [0.29, 0.717) is 31.1 Å². The first-order chi connectivity index (χ1) is 12.7. The first-order valence-electron chi connectivity index (χ1n) is 8.68. The zero-order chi connectivity index (χ0) is 18.5. The summed E-state index contributed by atoms with van der Waals surface area (Å²) in [4.78, 5) is 19.0. The number of aliphatic hydroxyl groups is 1. The van der Waals surface area contributed by atoms with Gasteiger partial charge in [-0.25, -0.2) is 0 Å². The molecule has 140 valence electrons. The van der Waals surface area contributed by atoms with Crippen LogP contribution in [-0.4, -0.2) is 64.6 Å². The van der Waals surface area contributed by atoms with Crippen molar-refractivity contribution in [1.29, 1.82) is 0 Å². The Morgan fingerprint density at radius 2 is 2.15 bits per heavy atom. The zero-order valence-corrected chi connectivity index (χ0v) is 15.1. The standard InChI is InChI=1S/C18H24N4O4/c1-25-16-6-5-14(17(19-16)26-2)18(24)21-8-3-4-13(12-21)15-7-9-22(20-15)10-11-23/h5-7,9,13,23H,3-4,8,10-12H2,1-2H3/t13-/m0/s1. The summed E-state index contributed by atoms with van der Waals surface area (Å²) in [6.07, 6.45) is 3.76. The van der Waals surface area contributed by atoms with Crippen molar-refractivity contribution >= 4 is 5.91 Å². The van der Waals surface area contributed by atoms with Crippen molar-refractivity contribution in [3.63, 3.8) is 0 Å². The van der Waals surface area contributed by atoms with Crippen molar-refractivity contribution in [3.05, 3.63) is 35.7 Å². The SMILES string of the molecule is COc1ccc(C(=O)N2CCC[C@H](c3ccn(CCO)n3)C2)c(OC)n1. The van der Waals surface area contributed by atoms with Crippen LogP contribution in [0.1, 0.15) is 34.8 Å². The summed E-state index contributed by atoms with van der Waals surface area (Å²) in [5, 5.41) is 13.5. The minimum atomic E-state index is -0.100. The lowest BCUT2D eigenvalue weighted by atomic mass is 9.94. The Morgan fingerprint density at radius 3 is 2.88 bits per heavy atom. The summed E-state index contributed by atoms with van der Waals surface area (Å²) in [5.41, 5.74) is 1.38. The maximum atomic E-state index is 13.0. The Kier molecular flexibility index (Phi) is 5.72. The van der Waals surface area contributed by atoms with E-state index in [9.17, 15) is 4.79 Å². The second kappa shape index (κ2) is 8.18. The molecule has 0 bridgehead atoms. The molecule has 0 spiro atoms. The molecular weight excluding hydrogens is 336 g/mol. The molecule has 0 aromatic carbocycles. The third kappa shape index (κ3) is 3.80. The predicted molar refractivity (Wildman–Crippen MR) is 94.5 cm³/mol. The van der Waals surface area contributed by atoms with E-state index >= 15 is 0 Å². The fourth-order valence-corrected chi connectivity index (χ4v) is 3.25. The lowest BCUT2D eigenvalue weighted by Crippen LogP contribution is -2.39. The van der Waals surface area contributed by atoms with Crippen LogP contribution in [-0.2, 0) is 6.54 Å². The molecule has 26 heavy (non-hydrogen) atoms. The van der Waals surface area contributed by atoms with Crippen molar-refractivity contribution in [2.24, 2.45) is 0 Å². The summed E-state index contributed by atoms with van der Waals surface area (Å²) in [7, 11) is 3.01. The number of rotatable bonds is 6. The van der Waals surface area contributed by atoms with E-state index in [0.717, 1.165) is 18.5 Å². The monoisotopic (exact) mass is 360 g/mol. The molecule has 2 aromatic heterocycles. The van der Waals surface area contributed by atoms with Gasteiger partial charge in [0.15, 0.2) is 0 Å². The van der Waals surface area contributed by atoms with Crippen molar-refractivity contribution in [3.8, 4) is 11.8 Å². The summed E-state index contributed by atoms with van der Waals surface area (Å²) < 4.78 is 12.1. The smallest absolute Gasteiger partial charge is 0.259 e.